The van der Waals surface area contributed by atoms with Crippen molar-refractivity contribution in [2.75, 3.05) is 5.73 Å². The molecule has 7 heteroatoms. The summed E-state index contributed by atoms with van der Waals surface area (Å²) < 4.78 is 6.34. The van der Waals surface area contributed by atoms with Crippen molar-refractivity contribution in [3.63, 3.8) is 0 Å². The Hall–Kier alpha value is -2.73. The molecule has 6 nitrogen and oxygen atoms in total. The minimum atomic E-state index is -0.494. The summed E-state index contributed by atoms with van der Waals surface area (Å²) in [6.45, 7) is 0. The first-order valence-corrected chi connectivity index (χ1v) is 7.21. The summed E-state index contributed by atoms with van der Waals surface area (Å²) in [5.74, 6) is 0.391. The van der Waals surface area contributed by atoms with E-state index in [2.05, 4.69) is 4.98 Å². The van der Waals surface area contributed by atoms with Gasteiger partial charge in [-0.05, 0) is 0 Å². The summed E-state index contributed by atoms with van der Waals surface area (Å²) in [4.78, 5) is 14.6. The summed E-state index contributed by atoms with van der Waals surface area (Å²) in [7, 11) is 0. The Bertz CT molecular complexity index is 952. The number of nitrogens with zero attached hydrogens (tertiary/aromatic N) is 2. The summed E-state index contributed by atoms with van der Waals surface area (Å²) in [6.07, 6.45) is 1.45. The number of nitriles is 2. The first-order chi connectivity index (χ1) is 9.67. The molecule has 0 unspecified atom stereocenters. The van der Waals surface area contributed by atoms with E-state index in [1.807, 2.05) is 12.1 Å². The van der Waals surface area contributed by atoms with Crippen molar-refractivity contribution < 1.29 is 4.42 Å². The molecule has 0 saturated heterocycles. The predicted molar refractivity (Wildman–Crippen MR) is 73.1 cm³/mol. The van der Waals surface area contributed by atoms with Gasteiger partial charge in [-0.25, -0.2) is 0 Å². The van der Waals surface area contributed by atoms with Crippen molar-refractivity contribution in [1.82, 2.24) is 4.98 Å². The third-order valence-electron chi connectivity index (χ3n) is 2.88. The van der Waals surface area contributed by atoms with Crippen molar-refractivity contribution in [2.24, 2.45) is 0 Å². The third-order valence-corrected chi connectivity index (χ3v) is 5.03. The van der Waals surface area contributed by atoms with Gasteiger partial charge in [0, 0.05) is 0 Å². The zero-order valence-electron chi connectivity index (χ0n) is 9.93. The van der Waals surface area contributed by atoms with E-state index in [0.717, 1.165) is 0 Å². The molecule has 0 saturated carbocycles. The van der Waals surface area contributed by atoms with Crippen molar-refractivity contribution in [3.8, 4) is 23.5 Å². The molecule has 0 radical (unpaired) electrons. The number of hydrogen-bond donors (Lipinski definition) is 2. The van der Waals surface area contributed by atoms with Crippen molar-refractivity contribution in [3.05, 3.63) is 38.8 Å². The number of anilines is 1. The van der Waals surface area contributed by atoms with Gasteiger partial charge in [0.05, 0.1) is 0 Å². The molecule has 0 bridgehead atoms. The molecule has 3 rings (SSSR count). The van der Waals surface area contributed by atoms with Gasteiger partial charge in [0.1, 0.15) is 0 Å². The van der Waals surface area contributed by atoms with E-state index in [-0.39, 0.29) is 20.1 Å². The van der Waals surface area contributed by atoms with Gasteiger partial charge in [-0.15, -0.1) is 0 Å². The Kier molecular flexibility index (Phi) is 2.73. The fourth-order valence-corrected chi connectivity index (χ4v) is 3.97. The van der Waals surface area contributed by atoms with Crippen LogP contribution in [0.3, 0.4) is 0 Å². The molecule has 0 spiro atoms. The first-order valence-electron chi connectivity index (χ1n) is 5.49. The van der Waals surface area contributed by atoms with Gasteiger partial charge in [-0.3, -0.25) is 0 Å². The summed E-state index contributed by atoms with van der Waals surface area (Å²) in [5, 5.41) is 18.8. The number of nitrogens with two attached hydrogens (primary N) is 1. The molecule has 3 aromatic rings. The number of rotatable bonds is 1. The van der Waals surface area contributed by atoms with Crippen LogP contribution in [0.1, 0.15) is 10.0 Å². The maximum atomic E-state index is 12.0. The first kappa shape index (κ1) is 12.3. The normalized spacial score (nSPS) is 10.3. The fourth-order valence-electron chi connectivity index (χ4n) is 2.04. The molecule has 0 aliphatic carbocycles. The Labute approximate surface area is 118 Å². The zero-order chi connectivity index (χ0) is 14.3. The number of hydrogen-bond acceptors (Lipinski definition) is 5. The van der Waals surface area contributed by atoms with E-state index in [4.69, 9.17) is 15.4 Å². The minimum absolute atomic E-state index is 0.0587. The van der Waals surface area contributed by atoms with Crippen LogP contribution in [-0.2, 0) is 0 Å². The molecule has 0 aromatic carbocycles. The molecule has 0 fully saturated rings. The quantitative estimate of drug-likeness (QED) is 0.649. The van der Waals surface area contributed by atoms with Crippen LogP contribution < -0.4 is 11.3 Å². The average molecular weight is 329 g/mol. The summed E-state index contributed by atoms with van der Waals surface area (Å²) >= 11 is -0.358. The summed E-state index contributed by atoms with van der Waals surface area (Å²) in [5.41, 5.74) is 6.10. The third kappa shape index (κ3) is 1.59. The standard InChI is InChI=1S/C13H6N4O2Se/c14-4-6-9(7-2-1-3-19-7)10-11(16)8(5-15)20-13(10)17-12(6)18/h1-3H,16H2,(H,17,18). The monoisotopic (exact) mass is 330 g/mol. The van der Waals surface area contributed by atoms with Gasteiger partial charge >= 0.3 is 118 Å². The van der Waals surface area contributed by atoms with E-state index < -0.39 is 5.56 Å². The number of H-pyrrole nitrogens is 1. The number of furan rings is 1. The van der Waals surface area contributed by atoms with Gasteiger partial charge in [0.15, 0.2) is 0 Å². The van der Waals surface area contributed by atoms with Crippen LogP contribution in [0.5, 0.6) is 0 Å². The number of nitrogen functional groups attached to an aromatic ring is 1. The molecular formula is C13H6N4O2Se. The van der Waals surface area contributed by atoms with Crippen LogP contribution in [0.4, 0.5) is 5.69 Å². The second kappa shape index (κ2) is 4.43. The number of fused-ring (bicyclic) bond motifs is 1. The van der Waals surface area contributed by atoms with E-state index >= 15 is 0 Å². The Morgan fingerprint density at radius 1 is 1.35 bits per heavy atom. The number of pyridine rings is 1. The molecule has 96 valence electrons. The zero-order valence-corrected chi connectivity index (χ0v) is 11.6. The van der Waals surface area contributed by atoms with Gasteiger partial charge in [0.25, 0.3) is 0 Å². The van der Waals surface area contributed by atoms with E-state index in [9.17, 15) is 10.1 Å². The van der Waals surface area contributed by atoms with Gasteiger partial charge in [-0.1, -0.05) is 0 Å². The van der Waals surface area contributed by atoms with Gasteiger partial charge < -0.3 is 0 Å². The molecule has 3 heterocycles. The molecule has 3 N–H and O–H groups in total. The topological polar surface area (TPSA) is 120 Å². The second-order valence-corrected chi connectivity index (χ2v) is 6.10. The van der Waals surface area contributed by atoms with Crippen LogP contribution in [0.25, 0.3) is 21.1 Å². The number of aromatic nitrogens is 1. The average Bonchev–Trinajstić information content (AvgIpc) is 3.06. The summed E-state index contributed by atoms with van der Waals surface area (Å²) in [6, 6.07) is 7.23. The Balaban J connectivity index is 2.59. The molecule has 0 aliphatic heterocycles. The molecular weight excluding hydrogens is 323 g/mol. The van der Waals surface area contributed by atoms with Crippen LogP contribution in [0.2, 0.25) is 0 Å². The molecule has 3 aromatic heterocycles. The molecule has 0 atom stereocenters. The van der Waals surface area contributed by atoms with Crippen LogP contribution in [0, 0.1) is 22.7 Å². The second-order valence-electron chi connectivity index (χ2n) is 3.95. The maximum absolute atomic E-state index is 12.0. The predicted octanol–water partition coefficient (Wildman–Crippen LogP) is 1.17. The van der Waals surface area contributed by atoms with Crippen molar-refractivity contribution >= 4 is 30.0 Å². The number of aromatic amines is 1. The van der Waals surface area contributed by atoms with Crippen LogP contribution in [0.15, 0.2) is 27.6 Å². The van der Waals surface area contributed by atoms with E-state index in [1.54, 1.807) is 12.1 Å². The van der Waals surface area contributed by atoms with E-state index in [1.165, 1.54) is 6.26 Å². The fraction of sp³-hybridized carbons (Fsp3) is 0. The van der Waals surface area contributed by atoms with Crippen molar-refractivity contribution in [1.29, 1.82) is 10.5 Å². The molecule has 0 amide bonds. The van der Waals surface area contributed by atoms with Gasteiger partial charge in [-0.2, -0.15) is 0 Å². The van der Waals surface area contributed by atoms with Gasteiger partial charge in [0.2, 0.25) is 0 Å². The van der Waals surface area contributed by atoms with Crippen LogP contribution >= 0.6 is 0 Å². The molecule has 0 aliphatic rings. The Morgan fingerprint density at radius 3 is 2.75 bits per heavy atom. The van der Waals surface area contributed by atoms with Crippen molar-refractivity contribution in [2.45, 2.75) is 0 Å². The van der Waals surface area contributed by atoms with Crippen LogP contribution in [-0.4, -0.2) is 19.5 Å². The SMILES string of the molecule is N#Cc1[se]c2[nH]c(=O)c(C#N)c(-c3ccco3)c2c1N. The number of nitrogens with one attached hydrogen (secondary N) is 1. The molecule has 20 heavy (non-hydrogen) atoms. The van der Waals surface area contributed by atoms with E-state index in [0.29, 0.717) is 31.2 Å². The Morgan fingerprint density at radius 2 is 2.15 bits per heavy atom.